The molecule has 32 heavy (non-hydrogen) atoms. The summed E-state index contributed by atoms with van der Waals surface area (Å²) in [5, 5.41) is 11.0. The number of carbonyl (C=O) groups excluding carboxylic acids is 1. The number of nitrogens with zero attached hydrogens (tertiary/aromatic N) is 2. The number of thiophene rings is 1. The van der Waals surface area contributed by atoms with Crippen LogP contribution in [0.25, 0.3) is 0 Å². The molecule has 2 atom stereocenters. The molecule has 0 saturated heterocycles. The van der Waals surface area contributed by atoms with Crippen molar-refractivity contribution < 1.29 is 35.9 Å². The third kappa shape index (κ3) is 4.82. The normalized spacial score (nSPS) is 18.6. The number of hydrogen-bond acceptors (Lipinski definition) is 5. The van der Waals surface area contributed by atoms with E-state index in [1.165, 1.54) is 29.5 Å². The van der Waals surface area contributed by atoms with Crippen LogP contribution in [0, 0.1) is 0 Å². The molecule has 170 valence electrons. The van der Waals surface area contributed by atoms with E-state index >= 15 is 0 Å². The lowest BCUT2D eigenvalue weighted by atomic mass is 10.0. The number of hydrogen-bond donors (Lipinski definition) is 2. The van der Waals surface area contributed by atoms with Crippen LogP contribution in [0.1, 0.15) is 33.9 Å². The molecule has 0 saturated carbocycles. The van der Waals surface area contributed by atoms with Crippen LogP contribution in [0.4, 0.5) is 37.8 Å². The van der Waals surface area contributed by atoms with Gasteiger partial charge in [0.1, 0.15) is 11.6 Å². The van der Waals surface area contributed by atoms with Gasteiger partial charge >= 0.3 is 12.5 Å². The molecule has 1 aliphatic heterocycles. The number of aromatic nitrogens is 2. The molecule has 0 unspecified atom stereocenters. The van der Waals surface area contributed by atoms with Crippen molar-refractivity contribution in [2.45, 2.75) is 31.0 Å². The number of anilines is 2. The Kier molecular flexibility index (Phi) is 5.53. The zero-order valence-electron chi connectivity index (χ0n) is 15.9. The zero-order chi connectivity index (χ0) is 23.1. The quantitative estimate of drug-likeness (QED) is 0.470. The molecular formula is C19H14F6N4O2S. The molecule has 0 fully saturated rings. The van der Waals surface area contributed by atoms with Crippen molar-refractivity contribution in [2.75, 3.05) is 10.6 Å². The topological polar surface area (TPSA) is 68.2 Å². The number of amides is 1. The fourth-order valence-electron chi connectivity index (χ4n) is 3.30. The molecule has 13 heteroatoms. The first-order valence-electron chi connectivity index (χ1n) is 9.13. The van der Waals surface area contributed by atoms with E-state index < -0.39 is 36.3 Å². The number of halogens is 6. The number of fused-ring (bicyclic) bond motifs is 1. The maximum absolute atomic E-state index is 13.7. The predicted molar refractivity (Wildman–Crippen MR) is 104 cm³/mol. The molecule has 3 aromatic rings. The van der Waals surface area contributed by atoms with Crippen molar-refractivity contribution in [3.05, 3.63) is 58.4 Å². The number of nitrogens with one attached hydrogen (secondary N) is 2. The third-order valence-electron chi connectivity index (χ3n) is 4.65. The molecule has 2 aromatic heterocycles. The van der Waals surface area contributed by atoms with E-state index in [9.17, 15) is 31.1 Å². The fraction of sp³-hybridized carbons (Fsp3) is 0.263. The molecule has 0 bridgehead atoms. The van der Waals surface area contributed by atoms with Crippen LogP contribution in [0.3, 0.4) is 0 Å². The SMILES string of the molecule is O=C(Nc1ccc(OC(F)(F)F)cc1)c1cc2n(n1)[C@H](C(F)(F)F)C[C@@H](c1cccs1)N2. The van der Waals surface area contributed by atoms with Gasteiger partial charge in [-0.3, -0.25) is 4.79 Å². The number of ether oxygens (including phenoxy) is 1. The number of carbonyl (C=O) groups is 1. The molecule has 1 aromatic carbocycles. The van der Waals surface area contributed by atoms with Gasteiger partial charge in [0.25, 0.3) is 5.91 Å². The highest BCUT2D eigenvalue weighted by Gasteiger charge is 2.47. The summed E-state index contributed by atoms with van der Waals surface area (Å²) >= 11 is 1.32. The van der Waals surface area contributed by atoms with Gasteiger partial charge in [0.05, 0.1) is 6.04 Å². The Labute approximate surface area is 180 Å². The summed E-state index contributed by atoms with van der Waals surface area (Å²) in [5.41, 5.74) is -0.156. The van der Waals surface area contributed by atoms with E-state index in [2.05, 4.69) is 20.5 Å². The van der Waals surface area contributed by atoms with E-state index in [1.807, 2.05) is 0 Å². The highest BCUT2D eigenvalue weighted by Crippen LogP contribution is 2.44. The smallest absolute Gasteiger partial charge is 0.406 e. The molecular weight excluding hydrogens is 462 g/mol. The average Bonchev–Trinajstić information content (AvgIpc) is 3.36. The van der Waals surface area contributed by atoms with Crippen LogP contribution in [0.5, 0.6) is 5.75 Å². The Morgan fingerprint density at radius 2 is 1.88 bits per heavy atom. The maximum atomic E-state index is 13.7. The standard InChI is InChI=1S/C19H14F6N4O2S/c20-18(21,22)15-8-12(14-2-1-7-32-14)27-16-9-13(28-29(15)16)17(30)26-10-3-5-11(6-4-10)31-19(23,24)25/h1-7,9,12,15,27H,8H2,(H,26,30)/t12-,15-/m0/s1. The van der Waals surface area contributed by atoms with E-state index in [0.717, 1.165) is 21.7 Å². The minimum Gasteiger partial charge on any atom is -0.406 e. The van der Waals surface area contributed by atoms with Crippen LogP contribution >= 0.6 is 11.3 Å². The Hall–Kier alpha value is -3.22. The second-order valence-corrected chi connectivity index (χ2v) is 7.87. The van der Waals surface area contributed by atoms with Gasteiger partial charge in [-0.1, -0.05) is 6.07 Å². The first-order valence-corrected chi connectivity index (χ1v) is 10.0. The molecule has 6 nitrogen and oxygen atoms in total. The van der Waals surface area contributed by atoms with Crippen LogP contribution in [-0.2, 0) is 0 Å². The van der Waals surface area contributed by atoms with Gasteiger partial charge in [-0.25, -0.2) is 4.68 Å². The Balaban J connectivity index is 1.54. The highest BCUT2D eigenvalue weighted by molar-refractivity contribution is 7.10. The van der Waals surface area contributed by atoms with Crippen molar-refractivity contribution >= 4 is 28.7 Å². The lowest BCUT2D eigenvalue weighted by Gasteiger charge is -2.32. The van der Waals surface area contributed by atoms with Gasteiger partial charge in [0, 0.05) is 23.1 Å². The molecule has 1 aliphatic rings. The van der Waals surface area contributed by atoms with Gasteiger partial charge in [0.2, 0.25) is 0 Å². The third-order valence-corrected chi connectivity index (χ3v) is 5.64. The number of alkyl halides is 6. The summed E-state index contributed by atoms with van der Waals surface area (Å²) in [6, 6.07) is 6.46. The second kappa shape index (κ2) is 8.04. The summed E-state index contributed by atoms with van der Waals surface area (Å²) in [6.45, 7) is 0. The molecule has 0 radical (unpaired) electrons. The van der Waals surface area contributed by atoms with Crippen LogP contribution < -0.4 is 15.4 Å². The summed E-state index contributed by atoms with van der Waals surface area (Å²) in [7, 11) is 0. The molecule has 3 heterocycles. The Morgan fingerprint density at radius 1 is 1.16 bits per heavy atom. The minimum absolute atomic E-state index is 0.0380. The fourth-order valence-corrected chi connectivity index (χ4v) is 4.09. The average molecular weight is 476 g/mol. The second-order valence-electron chi connectivity index (χ2n) is 6.89. The highest BCUT2D eigenvalue weighted by atomic mass is 32.1. The zero-order valence-corrected chi connectivity index (χ0v) is 16.7. The summed E-state index contributed by atoms with van der Waals surface area (Å²) in [6.07, 6.45) is -9.73. The van der Waals surface area contributed by atoms with Gasteiger partial charge in [-0.15, -0.1) is 24.5 Å². The maximum Gasteiger partial charge on any atom is 0.573 e. The minimum atomic E-state index is -4.86. The van der Waals surface area contributed by atoms with Crippen molar-refractivity contribution in [3.63, 3.8) is 0 Å². The van der Waals surface area contributed by atoms with Crippen LogP contribution in [-0.4, -0.2) is 28.2 Å². The van der Waals surface area contributed by atoms with Crippen molar-refractivity contribution in [1.82, 2.24) is 9.78 Å². The summed E-state index contributed by atoms with van der Waals surface area (Å²) < 4.78 is 82.2. The first kappa shape index (κ1) is 22.0. The Morgan fingerprint density at radius 3 is 2.47 bits per heavy atom. The van der Waals surface area contributed by atoms with Gasteiger partial charge in [0.15, 0.2) is 11.7 Å². The van der Waals surface area contributed by atoms with Crippen LogP contribution in [0.15, 0.2) is 47.8 Å². The Bertz CT molecular complexity index is 1090. The summed E-state index contributed by atoms with van der Waals surface area (Å²) in [5.74, 6) is -1.26. The van der Waals surface area contributed by atoms with E-state index in [0.29, 0.717) is 0 Å². The van der Waals surface area contributed by atoms with Crippen LogP contribution in [0.2, 0.25) is 0 Å². The number of rotatable bonds is 4. The number of benzene rings is 1. The summed E-state index contributed by atoms with van der Waals surface area (Å²) in [4.78, 5) is 13.2. The largest absolute Gasteiger partial charge is 0.573 e. The predicted octanol–water partition coefficient (Wildman–Crippen LogP) is 5.76. The molecule has 1 amide bonds. The van der Waals surface area contributed by atoms with Gasteiger partial charge in [-0.05, 0) is 35.7 Å². The first-order chi connectivity index (χ1) is 15.0. The lowest BCUT2D eigenvalue weighted by Crippen LogP contribution is -2.35. The van der Waals surface area contributed by atoms with Crippen molar-refractivity contribution in [3.8, 4) is 5.75 Å². The van der Waals surface area contributed by atoms with Gasteiger partial charge in [-0.2, -0.15) is 18.3 Å². The van der Waals surface area contributed by atoms with E-state index in [4.69, 9.17) is 0 Å². The monoisotopic (exact) mass is 476 g/mol. The molecule has 0 aliphatic carbocycles. The van der Waals surface area contributed by atoms with Crippen molar-refractivity contribution in [1.29, 1.82) is 0 Å². The lowest BCUT2D eigenvalue weighted by molar-refractivity contribution is -0.274. The van der Waals surface area contributed by atoms with Gasteiger partial charge < -0.3 is 15.4 Å². The van der Waals surface area contributed by atoms with Crippen molar-refractivity contribution in [2.24, 2.45) is 0 Å². The molecule has 0 spiro atoms. The molecule has 4 rings (SSSR count). The van der Waals surface area contributed by atoms with E-state index in [1.54, 1.807) is 17.5 Å². The van der Waals surface area contributed by atoms with E-state index in [-0.39, 0.29) is 23.6 Å². The molecule has 2 N–H and O–H groups in total.